The Kier molecular flexibility index (Phi) is 3.58. The van der Waals surface area contributed by atoms with Crippen LogP contribution < -0.4 is 0 Å². The maximum absolute atomic E-state index is 12.3. The lowest BCUT2D eigenvalue weighted by Gasteiger charge is -2.36. The third-order valence-electron chi connectivity index (χ3n) is 5.11. The van der Waals surface area contributed by atoms with Gasteiger partial charge < -0.3 is 14.2 Å². The van der Waals surface area contributed by atoms with E-state index in [1.807, 2.05) is 0 Å². The zero-order valence-electron chi connectivity index (χ0n) is 13.2. The fraction of sp³-hybridized carbons (Fsp3) is 0.812. The quantitative estimate of drug-likeness (QED) is 0.570. The molecule has 114 valence electrons. The topological polar surface area (TPSA) is 51.4 Å². The standard InChI is InChI=1S/C16H23BO4/c1-9(2)5-6-11-15(3,21-11)14-13(19-4)12(18)10(17)7-16(14)8-20-16/h7,9,11,13-14H,5-6,8H2,1-4H3/t11-,13-,14-,15?,16+/m1/s1. The molecule has 1 unspecified atom stereocenters. The number of carbonyl (C=O) groups excluding carboxylic acids is 1. The summed E-state index contributed by atoms with van der Waals surface area (Å²) in [5, 5.41) is 0. The molecule has 1 spiro atoms. The Morgan fingerprint density at radius 3 is 2.71 bits per heavy atom. The van der Waals surface area contributed by atoms with Crippen LogP contribution in [0, 0.1) is 11.8 Å². The maximum Gasteiger partial charge on any atom is 0.177 e. The Bertz CT molecular complexity index is 483. The molecule has 1 aliphatic carbocycles. The molecular weight excluding hydrogens is 267 g/mol. The predicted molar refractivity (Wildman–Crippen MR) is 79.2 cm³/mol. The molecule has 2 aliphatic heterocycles. The molecule has 21 heavy (non-hydrogen) atoms. The summed E-state index contributed by atoms with van der Waals surface area (Å²) in [5.74, 6) is 0.376. The molecule has 0 aromatic carbocycles. The number of Topliss-reactive ketones (excluding diaryl/α,β-unsaturated/α-hetero) is 1. The number of hydrogen-bond acceptors (Lipinski definition) is 4. The van der Waals surface area contributed by atoms with E-state index in [4.69, 9.17) is 22.1 Å². The Labute approximate surface area is 127 Å². The smallest absolute Gasteiger partial charge is 0.177 e. The lowest BCUT2D eigenvalue weighted by atomic mass is 9.66. The van der Waals surface area contributed by atoms with Crippen molar-refractivity contribution in [1.82, 2.24) is 0 Å². The Morgan fingerprint density at radius 2 is 2.19 bits per heavy atom. The average Bonchev–Trinajstić information content (AvgIpc) is 3.31. The van der Waals surface area contributed by atoms with Crippen molar-refractivity contribution in [3.05, 3.63) is 11.5 Å². The van der Waals surface area contributed by atoms with E-state index in [2.05, 4.69) is 20.8 Å². The molecule has 0 N–H and O–H groups in total. The maximum atomic E-state index is 12.3. The minimum atomic E-state index is -0.577. The van der Waals surface area contributed by atoms with E-state index in [0.29, 0.717) is 12.5 Å². The van der Waals surface area contributed by atoms with Gasteiger partial charge in [0.25, 0.3) is 0 Å². The summed E-state index contributed by atoms with van der Waals surface area (Å²) in [6, 6.07) is 0. The summed E-state index contributed by atoms with van der Waals surface area (Å²) in [6.07, 6.45) is 3.48. The molecule has 0 amide bonds. The fourth-order valence-electron chi connectivity index (χ4n) is 3.75. The second kappa shape index (κ2) is 4.93. The Morgan fingerprint density at radius 1 is 1.52 bits per heavy atom. The van der Waals surface area contributed by atoms with Crippen LogP contribution in [0.1, 0.15) is 33.6 Å². The molecule has 5 heteroatoms. The van der Waals surface area contributed by atoms with Gasteiger partial charge >= 0.3 is 0 Å². The van der Waals surface area contributed by atoms with Gasteiger partial charge in [-0.3, -0.25) is 4.79 Å². The molecule has 0 bridgehead atoms. The van der Waals surface area contributed by atoms with Crippen molar-refractivity contribution in [2.24, 2.45) is 11.8 Å². The monoisotopic (exact) mass is 290 g/mol. The minimum absolute atomic E-state index is 0.119. The molecule has 2 fully saturated rings. The number of ketones is 1. The Hall–Kier alpha value is -0.645. The number of epoxide rings is 2. The second-order valence-corrected chi connectivity index (χ2v) is 7.10. The summed E-state index contributed by atoms with van der Waals surface area (Å²) >= 11 is 0. The SMILES string of the molecule is [B]C1=C[C@]2(CO2)[C@@H](C2(C)O[C@@H]2CCC(C)C)[C@H](OC)C1=O. The van der Waals surface area contributed by atoms with Crippen molar-refractivity contribution in [3.63, 3.8) is 0 Å². The first-order valence-corrected chi connectivity index (χ1v) is 7.71. The number of ether oxygens (including phenoxy) is 3. The first-order valence-electron chi connectivity index (χ1n) is 7.71. The van der Waals surface area contributed by atoms with E-state index in [1.165, 1.54) is 0 Å². The summed E-state index contributed by atoms with van der Waals surface area (Å²) in [6.45, 7) is 7.07. The summed E-state index contributed by atoms with van der Waals surface area (Å²) in [5.41, 5.74) is -0.586. The molecule has 2 saturated heterocycles. The highest BCUT2D eigenvalue weighted by molar-refractivity contribution is 6.38. The average molecular weight is 290 g/mol. The van der Waals surface area contributed by atoms with Crippen molar-refractivity contribution in [3.8, 4) is 0 Å². The molecule has 2 heterocycles. The molecule has 5 atom stereocenters. The highest BCUT2D eigenvalue weighted by Gasteiger charge is 2.71. The molecular formula is C16H23BO4. The van der Waals surface area contributed by atoms with Gasteiger partial charge in [-0.05, 0) is 25.7 Å². The first-order chi connectivity index (χ1) is 9.84. The van der Waals surface area contributed by atoms with E-state index in [0.717, 1.165) is 12.8 Å². The molecule has 0 aromatic heterocycles. The van der Waals surface area contributed by atoms with E-state index >= 15 is 0 Å². The van der Waals surface area contributed by atoms with E-state index in [-0.39, 0.29) is 28.9 Å². The lowest BCUT2D eigenvalue weighted by Crippen LogP contribution is -2.52. The zero-order chi connectivity index (χ0) is 15.4. The van der Waals surface area contributed by atoms with Crippen LogP contribution in [0.5, 0.6) is 0 Å². The zero-order valence-corrected chi connectivity index (χ0v) is 13.2. The molecule has 3 rings (SSSR count). The van der Waals surface area contributed by atoms with Crippen LogP contribution in [-0.2, 0) is 19.0 Å². The summed E-state index contributed by atoms with van der Waals surface area (Å²) in [7, 11) is 7.38. The van der Waals surface area contributed by atoms with Gasteiger partial charge in [-0.25, -0.2) is 0 Å². The van der Waals surface area contributed by atoms with Gasteiger partial charge in [0.05, 0.1) is 18.6 Å². The molecule has 0 aromatic rings. The van der Waals surface area contributed by atoms with Gasteiger partial charge in [0.2, 0.25) is 0 Å². The van der Waals surface area contributed by atoms with Crippen molar-refractivity contribution in [1.29, 1.82) is 0 Å². The molecule has 2 radical (unpaired) electrons. The van der Waals surface area contributed by atoms with E-state index in [9.17, 15) is 4.79 Å². The van der Waals surface area contributed by atoms with E-state index in [1.54, 1.807) is 13.2 Å². The van der Waals surface area contributed by atoms with Crippen molar-refractivity contribution < 1.29 is 19.0 Å². The van der Waals surface area contributed by atoms with Crippen LogP contribution >= 0.6 is 0 Å². The second-order valence-electron chi connectivity index (χ2n) is 7.10. The van der Waals surface area contributed by atoms with Crippen LogP contribution in [-0.4, -0.2) is 50.8 Å². The normalized spacial score (nSPS) is 45.1. The molecule has 3 aliphatic rings. The number of methoxy groups -OCH3 is 1. The third-order valence-corrected chi connectivity index (χ3v) is 5.11. The van der Waals surface area contributed by atoms with Crippen LogP contribution in [0.25, 0.3) is 0 Å². The van der Waals surface area contributed by atoms with Crippen LogP contribution in [0.4, 0.5) is 0 Å². The van der Waals surface area contributed by atoms with Crippen LogP contribution in [0.2, 0.25) is 0 Å². The largest absolute Gasteiger partial charge is 0.373 e. The Balaban J connectivity index is 1.82. The lowest BCUT2D eigenvalue weighted by molar-refractivity contribution is -0.132. The first kappa shape index (κ1) is 15.3. The van der Waals surface area contributed by atoms with E-state index < -0.39 is 11.7 Å². The predicted octanol–water partition coefficient (Wildman–Crippen LogP) is 1.62. The van der Waals surface area contributed by atoms with Gasteiger partial charge in [-0.2, -0.15) is 0 Å². The fourth-order valence-corrected chi connectivity index (χ4v) is 3.75. The van der Waals surface area contributed by atoms with Crippen molar-refractivity contribution in [2.75, 3.05) is 13.7 Å². The van der Waals surface area contributed by atoms with Crippen molar-refractivity contribution in [2.45, 2.75) is 57.0 Å². The van der Waals surface area contributed by atoms with Crippen LogP contribution in [0.3, 0.4) is 0 Å². The van der Waals surface area contributed by atoms with Gasteiger partial charge in [-0.1, -0.05) is 25.4 Å². The van der Waals surface area contributed by atoms with Gasteiger partial charge in [0, 0.05) is 7.11 Å². The molecule has 0 saturated carbocycles. The highest BCUT2D eigenvalue weighted by atomic mass is 16.6. The number of carbonyl (C=O) groups is 1. The highest BCUT2D eigenvalue weighted by Crippen LogP contribution is 2.57. The van der Waals surface area contributed by atoms with Crippen LogP contribution in [0.15, 0.2) is 11.5 Å². The van der Waals surface area contributed by atoms with Crippen molar-refractivity contribution >= 4 is 13.6 Å². The summed E-state index contributed by atoms with van der Waals surface area (Å²) < 4.78 is 17.1. The summed E-state index contributed by atoms with van der Waals surface area (Å²) in [4.78, 5) is 12.3. The number of rotatable bonds is 5. The van der Waals surface area contributed by atoms with Gasteiger partial charge in [-0.15, -0.1) is 0 Å². The number of hydrogen-bond donors (Lipinski definition) is 0. The third kappa shape index (κ3) is 2.39. The molecule has 4 nitrogen and oxygen atoms in total. The minimum Gasteiger partial charge on any atom is -0.373 e. The van der Waals surface area contributed by atoms with Gasteiger partial charge in [0.1, 0.15) is 25.2 Å². The van der Waals surface area contributed by atoms with Gasteiger partial charge in [0.15, 0.2) is 5.78 Å².